The number of carbonyl (C=O) groups excluding carboxylic acids is 2. The van der Waals surface area contributed by atoms with Crippen molar-refractivity contribution in [1.82, 2.24) is 9.88 Å². The smallest absolute Gasteiger partial charge is 0.319 e. The van der Waals surface area contributed by atoms with Crippen molar-refractivity contribution in [1.29, 1.82) is 0 Å². The number of methoxy groups -OCH3 is 2. The Kier molecular flexibility index (Phi) is 3.77. The van der Waals surface area contributed by atoms with Crippen LogP contribution in [-0.4, -0.2) is 48.6 Å². The molecule has 4 heterocycles. The van der Waals surface area contributed by atoms with Gasteiger partial charge in [0.1, 0.15) is 11.2 Å². The molecule has 3 fully saturated rings. The van der Waals surface area contributed by atoms with Crippen molar-refractivity contribution in [2.24, 2.45) is 11.8 Å². The zero-order valence-electron chi connectivity index (χ0n) is 16.6. The molecule has 0 radical (unpaired) electrons. The number of hydrogen-bond donors (Lipinski definition) is 1. The van der Waals surface area contributed by atoms with Gasteiger partial charge >= 0.3 is 5.97 Å². The number of piperidine rings is 2. The Balaban J connectivity index is 1.80. The van der Waals surface area contributed by atoms with Crippen molar-refractivity contribution < 1.29 is 19.1 Å². The fourth-order valence-corrected chi connectivity index (χ4v) is 6.18. The first-order chi connectivity index (χ1) is 13.5. The zero-order valence-corrected chi connectivity index (χ0v) is 16.6. The summed E-state index contributed by atoms with van der Waals surface area (Å²) in [6, 6.07) is 5.84. The number of hydrogen-bond acceptors (Lipinski definition) is 4. The number of carbonyl (C=O) groups is 2. The minimum Gasteiger partial charge on any atom is -0.497 e. The van der Waals surface area contributed by atoms with E-state index >= 15 is 0 Å². The lowest BCUT2D eigenvalue weighted by molar-refractivity contribution is -0.172. The molecule has 1 amide bonds. The highest BCUT2D eigenvalue weighted by atomic mass is 16.5. The molecule has 6 heteroatoms. The Bertz CT molecular complexity index is 980. The maximum Gasteiger partial charge on any atom is 0.319 e. The SMILES string of the molecule is CC[C@H]1C[C@@H]2C[C@@]3(C(=O)OC)c4[nH]c5cc(OC)ccc5c4CCN(C2=O)[C@@H]13. The van der Waals surface area contributed by atoms with Crippen LogP contribution in [0.4, 0.5) is 0 Å². The minimum atomic E-state index is -0.815. The van der Waals surface area contributed by atoms with E-state index in [1.807, 2.05) is 17.0 Å². The fraction of sp³-hybridized carbons (Fsp3) is 0.545. The monoisotopic (exact) mass is 382 g/mol. The second kappa shape index (κ2) is 6.00. The predicted octanol–water partition coefficient (Wildman–Crippen LogP) is 2.79. The number of benzene rings is 1. The van der Waals surface area contributed by atoms with E-state index in [4.69, 9.17) is 9.47 Å². The number of amides is 1. The molecule has 1 N–H and O–H groups in total. The fourth-order valence-electron chi connectivity index (χ4n) is 6.18. The summed E-state index contributed by atoms with van der Waals surface area (Å²) in [4.78, 5) is 32.0. The molecule has 2 saturated heterocycles. The maximum atomic E-state index is 13.4. The van der Waals surface area contributed by atoms with Crippen molar-refractivity contribution in [3.05, 3.63) is 29.5 Å². The lowest BCUT2D eigenvalue weighted by Crippen LogP contribution is -2.69. The van der Waals surface area contributed by atoms with Crippen LogP contribution in [0.5, 0.6) is 5.75 Å². The van der Waals surface area contributed by atoms with E-state index in [9.17, 15) is 9.59 Å². The van der Waals surface area contributed by atoms with E-state index in [1.54, 1.807) is 7.11 Å². The highest BCUT2D eigenvalue weighted by molar-refractivity contribution is 5.95. The van der Waals surface area contributed by atoms with E-state index in [0.29, 0.717) is 18.9 Å². The van der Waals surface area contributed by atoms with Gasteiger partial charge in [0.25, 0.3) is 0 Å². The number of rotatable bonds is 3. The highest BCUT2D eigenvalue weighted by Crippen LogP contribution is 2.55. The Morgan fingerprint density at radius 3 is 2.89 bits per heavy atom. The van der Waals surface area contributed by atoms with Crippen LogP contribution in [0.2, 0.25) is 0 Å². The Labute approximate surface area is 164 Å². The van der Waals surface area contributed by atoms with Crippen molar-refractivity contribution in [2.45, 2.75) is 44.1 Å². The van der Waals surface area contributed by atoms with Crippen molar-refractivity contribution in [3.63, 3.8) is 0 Å². The molecule has 148 valence electrons. The van der Waals surface area contributed by atoms with Crippen LogP contribution in [-0.2, 0) is 26.2 Å². The number of ether oxygens (including phenoxy) is 2. The van der Waals surface area contributed by atoms with Crippen molar-refractivity contribution >= 4 is 22.8 Å². The van der Waals surface area contributed by atoms with Gasteiger partial charge in [0.05, 0.1) is 20.3 Å². The lowest BCUT2D eigenvalue weighted by atomic mass is 9.56. The van der Waals surface area contributed by atoms with Gasteiger partial charge in [0, 0.05) is 35.1 Å². The van der Waals surface area contributed by atoms with Crippen molar-refractivity contribution in [3.8, 4) is 5.75 Å². The van der Waals surface area contributed by atoms with Gasteiger partial charge in [-0.05, 0) is 42.9 Å². The molecule has 1 aliphatic carbocycles. The Morgan fingerprint density at radius 1 is 1.36 bits per heavy atom. The highest BCUT2D eigenvalue weighted by Gasteiger charge is 2.65. The molecular weight excluding hydrogens is 356 g/mol. The number of fused-ring (bicyclic) bond motifs is 4. The quantitative estimate of drug-likeness (QED) is 0.829. The van der Waals surface area contributed by atoms with Crippen LogP contribution in [0, 0.1) is 11.8 Å². The minimum absolute atomic E-state index is 0.110. The summed E-state index contributed by atoms with van der Waals surface area (Å²) in [6.07, 6.45) is 3.10. The van der Waals surface area contributed by atoms with Crippen LogP contribution < -0.4 is 4.74 Å². The summed E-state index contributed by atoms with van der Waals surface area (Å²) in [6.45, 7) is 2.81. The normalized spacial score (nSPS) is 30.9. The van der Waals surface area contributed by atoms with Gasteiger partial charge in [-0.2, -0.15) is 0 Å². The molecule has 0 spiro atoms. The van der Waals surface area contributed by atoms with Gasteiger partial charge in [0.15, 0.2) is 0 Å². The number of aromatic amines is 1. The summed E-state index contributed by atoms with van der Waals surface area (Å²) in [5, 5.41) is 1.10. The molecule has 1 aromatic heterocycles. The van der Waals surface area contributed by atoms with Crippen LogP contribution in [0.1, 0.15) is 37.4 Å². The van der Waals surface area contributed by atoms with Crippen LogP contribution >= 0.6 is 0 Å². The number of H-pyrrole nitrogens is 1. The summed E-state index contributed by atoms with van der Waals surface area (Å²) in [5.41, 5.74) is 2.25. The van der Waals surface area contributed by atoms with Crippen molar-refractivity contribution in [2.75, 3.05) is 20.8 Å². The molecule has 4 bridgehead atoms. The average Bonchev–Trinajstić information content (AvgIpc) is 3.04. The number of nitrogens with zero attached hydrogens (tertiary/aromatic N) is 1. The largest absolute Gasteiger partial charge is 0.497 e. The lowest BCUT2D eigenvalue weighted by Gasteiger charge is -2.57. The third-order valence-electron chi connectivity index (χ3n) is 7.31. The zero-order chi connectivity index (χ0) is 19.6. The first-order valence-corrected chi connectivity index (χ1v) is 10.1. The second-order valence-corrected chi connectivity index (χ2v) is 8.38. The first-order valence-electron chi connectivity index (χ1n) is 10.1. The van der Waals surface area contributed by atoms with E-state index < -0.39 is 5.41 Å². The van der Waals surface area contributed by atoms with E-state index in [2.05, 4.69) is 18.0 Å². The predicted molar refractivity (Wildman–Crippen MR) is 104 cm³/mol. The van der Waals surface area contributed by atoms with Crippen LogP contribution in [0.15, 0.2) is 18.2 Å². The van der Waals surface area contributed by atoms with Gasteiger partial charge in [-0.1, -0.05) is 13.3 Å². The molecule has 6 nitrogen and oxygen atoms in total. The van der Waals surface area contributed by atoms with Gasteiger partial charge in [-0.25, -0.2) is 0 Å². The summed E-state index contributed by atoms with van der Waals surface area (Å²) in [7, 11) is 3.11. The molecule has 28 heavy (non-hydrogen) atoms. The topological polar surface area (TPSA) is 71.6 Å². The molecule has 4 aliphatic rings. The number of esters is 1. The van der Waals surface area contributed by atoms with E-state index in [-0.39, 0.29) is 23.8 Å². The van der Waals surface area contributed by atoms with Gasteiger partial charge in [-0.15, -0.1) is 0 Å². The summed E-state index contributed by atoms with van der Waals surface area (Å²) >= 11 is 0. The summed E-state index contributed by atoms with van der Waals surface area (Å²) in [5.74, 6) is 0.970. The van der Waals surface area contributed by atoms with Crippen LogP contribution in [0.25, 0.3) is 10.9 Å². The molecule has 4 atom stereocenters. The van der Waals surface area contributed by atoms with E-state index in [1.165, 1.54) is 7.11 Å². The Morgan fingerprint density at radius 2 is 2.18 bits per heavy atom. The molecule has 1 saturated carbocycles. The molecule has 2 aromatic rings. The number of aromatic nitrogens is 1. The molecule has 1 aromatic carbocycles. The molecule has 3 aliphatic heterocycles. The van der Waals surface area contributed by atoms with Gasteiger partial charge in [-0.3, -0.25) is 9.59 Å². The molecular formula is C22H26N2O4. The second-order valence-electron chi connectivity index (χ2n) is 8.38. The summed E-state index contributed by atoms with van der Waals surface area (Å²) < 4.78 is 10.8. The van der Waals surface area contributed by atoms with Crippen LogP contribution in [0.3, 0.4) is 0 Å². The molecule has 0 unspecified atom stereocenters. The maximum absolute atomic E-state index is 13.4. The van der Waals surface area contributed by atoms with Gasteiger partial charge in [0.2, 0.25) is 5.91 Å². The Hall–Kier alpha value is -2.50. The standard InChI is InChI=1S/C22H26N2O4/c1-4-12-9-13-11-22(21(26)28-3)18-16(7-8-24(19(12)22)20(13)25)15-6-5-14(27-2)10-17(15)23-18/h5-6,10,12-13,19,23H,4,7-9,11H2,1-3H3/t12-,13+,19-,22+/m0/s1. The average molecular weight is 382 g/mol. The third kappa shape index (κ3) is 2.03. The first kappa shape index (κ1) is 17.6. The van der Waals surface area contributed by atoms with E-state index in [0.717, 1.165) is 47.2 Å². The van der Waals surface area contributed by atoms with Gasteiger partial charge < -0.3 is 19.4 Å². The number of nitrogens with one attached hydrogen (secondary N) is 1. The third-order valence-corrected chi connectivity index (χ3v) is 7.31. The molecule has 6 rings (SSSR count).